The van der Waals surface area contributed by atoms with E-state index in [2.05, 4.69) is 10.3 Å². The van der Waals surface area contributed by atoms with Gasteiger partial charge in [-0.2, -0.15) is 13.2 Å². The van der Waals surface area contributed by atoms with Crippen molar-refractivity contribution in [1.29, 1.82) is 0 Å². The average Bonchev–Trinajstić information content (AvgIpc) is 3.19. The monoisotopic (exact) mass is 451 g/mol. The van der Waals surface area contributed by atoms with E-state index in [1.807, 2.05) is 0 Å². The highest BCUT2D eigenvalue weighted by Crippen LogP contribution is 2.33. The van der Waals surface area contributed by atoms with E-state index in [1.54, 1.807) is 18.2 Å². The number of fused-ring (bicyclic) bond motifs is 1. The van der Waals surface area contributed by atoms with Crippen molar-refractivity contribution >= 4 is 11.6 Å². The van der Waals surface area contributed by atoms with Gasteiger partial charge in [0.15, 0.2) is 11.5 Å². The molecular formula is C20H13F4N3O5. The summed E-state index contributed by atoms with van der Waals surface area (Å²) in [6, 6.07) is 6.63. The molecule has 1 aliphatic rings. The summed E-state index contributed by atoms with van der Waals surface area (Å²) in [5.41, 5.74) is -3.74. The number of anilines is 1. The van der Waals surface area contributed by atoms with Gasteiger partial charge in [0.25, 0.3) is 11.5 Å². The zero-order chi connectivity index (χ0) is 23.0. The highest BCUT2D eigenvalue weighted by Gasteiger charge is 2.34. The van der Waals surface area contributed by atoms with Crippen LogP contribution in [0.25, 0.3) is 0 Å². The summed E-state index contributed by atoms with van der Waals surface area (Å²) in [7, 11) is 0. The van der Waals surface area contributed by atoms with Crippen LogP contribution in [0.15, 0.2) is 52.2 Å². The van der Waals surface area contributed by atoms with E-state index in [4.69, 9.17) is 9.47 Å². The molecule has 0 spiro atoms. The predicted octanol–water partition coefficient (Wildman–Crippen LogP) is 2.72. The second-order valence-electron chi connectivity index (χ2n) is 6.73. The van der Waals surface area contributed by atoms with Gasteiger partial charge in [0, 0.05) is 11.9 Å². The molecule has 2 heterocycles. The minimum atomic E-state index is -4.97. The molecule has 0 unspecified atom stereocenters. The quantitative estimate of drug-likeness (QED) is 0.594. The van der Waals surface area contributed by atoms with E-state index in [0.29, 0.717) is 29.2 Å². The number of halogens is 4. The van der Waals surface area contributed by atoms with Crippen molar-refractivity contribution in [2.75, 3.05) is 12.1 Å². The first-order valence-electron chi connectivity index (χ1n) is 9.02. The molecule has 32 heavy (non-hydrogen) atoms. The molecule has 2 N–H and O–H groups in total. The SMILES string of the molecule is O=C(Nc1ccc(F)c(C(F)(F)F)c1)c1c[nH]c(=O)n(Cc2ccc3c(c2)OCO3)c1=O. The van der Waals surface area contributed by atoms with Crippen LogP contribution in [0, 0.1) is 5.82 Å². The fourth-order valence-corrected chi connectivity index (χ4v) is 3.06. The van der Waals surface area contributed by atoms with E-state index >= 15 is 0 Å². The summed E-state index contributed by atoms with van der Waals surface area (Å²) >= 11 is 0. The third-order valence-corrected chi connectivity index (χ3v) is 4.61. The first-order valence-corrected chi connectivity index (χ1v) is 9.02. The Morgan fingerprint density at radius 1 is 1.09 bits per heavy atom. The Morgan fingerprint density at radius 3 is 2.59 bits per heavy atom. The number of hydrogen-bond donors (Lipinski definition) is 2. The number of aromatic nitrogens is 2. The lowest BCUT2D eigenvalue weighted by Gasteiger charge is -2.11. The van der Waals surface area contributed by atoms with Gasteiger partial charge in [-0.3, -0.25) is 14.2 Å². The van der Waals surface area contributed by atoms with Crippen molar-refractivity contribution in [3.63, 3.8) is 0 Å². The maximum atomic E-state index is 13.4. The van der Waals surface area contributed by atoms with E-state index in [1.165, 1.54) is 0 Å². The summed E-state index contributed by atoms with van der Waals surface area (Å²) < 4.78 is 63.2. The Labute approximate surface area is 176 Å². The normalized spacial score (nSPS) is 12.6. The number of benzene rings is 2. The zero-order valence-electron chi connectivity index (χ0n) is 16.0. The van der Waals surface area contributed by atoms with Crippen LogP contribution in [0.5, 0.6) is 11.5 Å². The number of alkyl halides is 3. The van der Waals surface area contributed by atoms with Crippen molar-refractivity contribution in [3.05, 3.63) is 85.9 Å². The van der Waals surface area contributed by atoms with Crippen LogP contribution in [0.2, 0.25) is 0 Å². The number of carbonyl (C=O) groups is 1. The van der Waals surface area contributed by atoms with Gasteiger partial charge in [0.2, 0.25) is 6.79 Å². The van der Waals surface area contributed by atoms with E-state index in [9.17, 15) is 31.9 Å². The molecule has 1 aliphatic heterocycles. The summed E-state index contributed by atoms with van der Waals surface area (Å²) in [6.07, 6.45) is -4.12. The molecule has 0 fully saturated rings. The van der Waals surface area contributed by atoms with Crippen LogP contribution in [0.1, 0.15) is 21.5 Å². The number of nitrogens with zero attached hydrogens (tertiary/aromatic N) is 1. The molecule has 0 radical (unpaired) electrons. The van der Waals surface area contributed by atoms with Crippen molar-refractivity contribution in [1.82, 2.24) is 9.55 Å². The topological polar surface area (TPSA) is 102 Å². The van der Waals surface area contributed by atoms with E-state index in [-0.39, 0.29) is 19.0 Å². The van der Waals surface area contributed by atoms with Gasteiger partial charge >= 0.3 is 11.9 Å². The predicted molar refractivity (Wildman–Crippen MR) is 102 cm³/mol. The first-order chi connectivity index (χ1) is 15.1. The van der Waals surface area contributed by atoms with Gasteiger partial charge in [0.05, 0.1) is 12.1 Å². The molecule has 0 saturated heterocycles. The van der Waals surface area contributed by atoms with Gasteiger partial charge in [-0.15, -0.1) is 0 Å². The van der Waals surface area contributed by atoms with Crippen LogP contribution in [0.3, 0.4) is 0 Å². The Kier molecular flexibility index (Phi) is 5.20. The van der Waals surface area contributed by atoms with Crippen LogP contribution < -0.4 is 26.0 Å². The third-order valence-electron chi connectivity index (χ3n) is 4.61. The van der Waals surface area contributed by atoms with Gasteiger partial charge in [-0.05, 0) is 35.9 Å². The Hall–Kier alpha value is -4.09. The molecule has 3 aromatic rings. The molecule has 4 rings (SSSR count). The third kappa shape index (κ3) is 4.06. The fraction of sp³-hybridized carbons (Fsp3) is 0.150. The van der Waals surface area contributed by atoms with Gasteiger partial charge in [-0.1, -0.05) is 6.07 Å². The lowest BCUT2D eigenvalue weighted by atomic mass is 10.1. The largest absolute Gasteiger partial charge is 0.454 e. The fourth-order valence-electron chi connectivity index (χ4n) is 3.06. The molecule has 8 nitrogen and oxygen atoms in total. The molecule has 1 aromatic heterocycles. The Balaban J connectivity index is 1.62. The molecule has 12 heteroatoms. The molecule has 166 valence electrons. The second-order valence-corrected chi connectivity index (χ2v) is 6.73. The highest BCUT2D eigenvalue weighted by atomic mass is 19.4. The van der Waals surface area contributed by atoms with Crippen molar-refractivity contribution < 1.29 is 31.8 Å². The highest BCUT2D eigenvalue weighted by molar-refractivity contribution is 6.03. The molecule has 0 aliphatic carbocycles. The number of amides is 1. The standard InChI is InChI=1S/C20H13F4N3O5/c21-14-3-2-11(6-13(14)20(22,23)24)26-17(28)12-7-25-19(30)27(18(12)29)8-10-1-4-15-16(5-10)32-9-31-15/h1-7H,8-9H2,(H,25,30)(H,26,28). The maximum absolute atomic E-state index is 13.4. The molecule has 1 amide bonds. The number of nitrogens with one attached hydrogen (secondary N) is 2. The molecule has 0 saturated carbocycles. The lowest BCUT2D eigenvalue weighted by molar-refractivity contribution is -0.139. The molecule has 2 aromatic carbocycles. The molecule has 0 atom stereocenters. The number of H-pyrrole nitrogens is 1. The van der Waals surface area contributed by atoms with Gasteiger partial charge in [0.1, 0.15) is 11.4 Å². The summed E-state index contributed by atoms with van der Waals surface area (Å²) in [5, 5.41) is 2.11. The Bertz CT molecular complexity index is 1330. The maximum Gasteiger partial charge on any atom is 0.419 e. The second kappa shape index (κ2) is 7.87. The Morgan fingerprint density at radius 2 is 1.84 bits per heavy atom. The van der Waals surface area contributed by atoms with Crippen LogP contribution in [0.4, 0.5) is 23.2 Å². The van der Waals surface area contributed by atoms with Crippen molar-refractivity contribution in [3.8, 4) is 11.5 Å². The van der Waals surface area contributed by atoms with Crippen molar-refractivity contribution in [2.24, 2.45) is 0 Å². The van der Waals surface area contributed by atoms with Gasteiger partial charge < -0.3 is 19.8 Å². The summed E-state index contributed by atoms with van der Waals surface area (Å²) in [6.45, 7) is -0.172. The number of hydrogen-bond acceptors (Lipinski definition) is 5. The van der Waals surface area contributed by atoms with Crippen LogP contribution in [-0.2, 0) is 12.7 Å². The molecule has 0 bridgehead atoms. The summed E-state index contributed by atoms with van der Waals surface area (Å²) in [5.74, 6) is -1.66. The smallest absolute Gasteiger partial charge is 0.419 e. The summed E-state index contributed by atoms with van der Waals surface area (Å²) in [4.78, 5) is 39.6. The van der Waals surface area contributed by atoms with Gasteiger partial charge in [-0.25, -0.2) is 9.18 Å². The van der Waals surface area contributed by atoms with E-state index in [0.717, 1.165) is 16.8 Å². The first kappa shape index (κ1) is 21.2. The van der Waals surface area contributed by atoms with E-state index < -0.39 is 40.3 Å². The number of rotatable bonds is 4. The van der Waals surface area contributed by atoms with Crippen LogP contribution >= 0.6 is 0 Å². The van der Waals surface area contributed by atoms with Crippen molar-refractivity contribution in [2.45, 2.75) is 12.7 Å². The average molecular weight is 451 g/mol. The lowest BCUT2D eigenvalue weighted by Crippen LogP contribution is -2.39. The number of ether oxygens (including phenoxy) is 2. The molecular weight excluding hydrogens is 438 g/mol. The minimum Gasteiger partial charge on any atom is -0.454 e. The van der Waals surface area contributed by atoms with Crippen LogP contribution in [-0.4, -0.2) is 22.3 Å². The number of carbonyl (C=O) groups excluding carboxylic acids is 1. The number of aromatic amines is 1. The minimum absolute atomic E-state index is 0.0361. The zero-order valence-corrected chi connectivity index (χ0v) is 16.0.